The highest BCUT2D eigenvalue weighted by atomic mass is 32.2. The van der Waals surface area contributed by atoms with E-state index in [4.69, 9.17) is 5.73 Å². The average Bonchev–Trinajstić information content (AvgIpc) is 2.28. The average molecular weight is 241 g/mol. The summed E-state index contributed by atoms with van der Waals surface area (Å²) in [6.45, 7) is 0.685. The standard InChI is InChI=1S/C13H20FNS/c1-16-7-3-5-12(10-15)8-11-4-2-6-13(14)9-11/h2,4,6,9,12H,3,5,7-8,10,15H2,1H3. The van der Waals surface area contributed by atoms with Crippen LogP contribution < -0.4 is 5.73 Å². The third-order valence-electron chi connectivity index (χ3n) is 2.71. The summed E-state index contributed by atoms with van der Waals surface area (Å²) in [7, 11) is 0. The molecule has 0 amide bonds. The predicted molar refractivity (Wildman–Crippen MR) is 70.3 cm³/mol. The summed E-state index contributed by atoms with van der Waals surface area (Å²) in [5.74, 6) is 1.51. The minimum absolute atomic E-state index is 0.155. The molecular weight excluding hydrogens is 221 g/mol. The van der Waals surface area contributed by atoms with E-state index in [0.717, 1.165) is 18.4 Å². The lowest BCUT2D eigenvalue weighted by Gasteiger charge is -2.14. The molecule has 0 radical (unpaired) electrons. The second-order valence-electron chi connectivity index (χ2n) is 4.07. The smallest absolute Gasteiger partial charge is 0.123 e. The normalized spacial score (nSPS) is 12.7. The van der Waals surface area contributed by atoms with Crippen LogP contribution in [0.25, 0.3) is 0 Å². The zero-order valence-electron chi connectivity index (χ0n) is 9.79. The van der Waals surface area contributed by atoms with Crippen LogP contribution >= 0.6 is 11.8 Å². The number of halogens is 1. The lowest BCUT2D eigenvalue weighted by molar-refractivity contribution is 0.488. The highest BCUT2D eigenvalue weighted by Crippen LogP contribution is 2.15. The molecule has 90 valence electrons. The van der Waals surface area contributed by atoms with E-state index >= 15 is 0 Å². The number of hydrogen-bond acceptors (Lipinski definition) is 2. The van der Waals surface area contributed by atoms with Crippen LogP contribution in [0.3, 0.4) is 0 Å². The molecule has 1 rings (SSSR count). The van der Waals surface area contributed by atoms with E-state index in [1.807, 2.05) is 17.8 Å². The summed E-state index contributed by atoms with van der Waals surface area (Å²) in [6.07, 6.45) is 5.33. The summed E-state index contributed by atoms with van der Waals surface area (Å²) in [5.41, 5.74) is 6.80. The lowest BCUT2D eigenvalue weighted by Crippen LogP contribution is -2.17. The van der Waals surface area contributed by atoms with Crippen molar-refractivity contribution in [3.8, 4) is 0 Å². The van der Waals surface area contributed by atoms with E-state index in [-0.39, 0.29) is 5.82 Å². The third-order valence-corrected chi connectivity index (χ3v) is 3.40. The van der Waals surface area contributed by atoms with E-state index in [1.54, 1.807) is 12.1 Å². The van der Waals surface area contributed by atoms with Crippen LogP contribution in [0, 0.1) is 11.7 Å². The van der Waals surface area contributed by atoms with E-state index in [0.29, 0.717) is 12.5 Å². The molecule has 16 heavy (non-hydrogen) atoms. The van der Waals surface area contributed by atoms with Crippen molar-refractivity contribution in [2.24, 2.45) is 11.7 Å². The second-order valence-corrected chi connectivity index (χ2v) is 5.06. The summed E-state index contributed by atoms with van der Waals surface area (Å²) < 4.78 is 13.0. The van der Waals surface area contributed by atoms with Crippen LogP contribution in [0.2, 0.25) is 0 Å². The second kappa shape index (κ2) is 7.69. The van der Waals surface area contributed by atoms with Crippen LogP contribution in [0.5, 0.6) is 0 Å². The Balaban J connectivity index is 2.43. The van der Waals surface area contributed by atoms with Crippen molar-refractivity contribution in [1.82, 2.24) is 0 Å². The molecule has 1 aromatic rings. The molecule has 0 bridgehead atoms. The minimum Gasteiger partial charge on any atom is -0.330 e. The molecule has 1 aromatic carbocycles. The van der Waals surface area contributed by atoms with Gasteiger partial charge in [0.2, 0.25) is 0 Å². The van der Waals surface area contributed by atoms with Crippen molar-refractivity contribution in [3.05, 3.63) is 35.6 Å². The molecule has 3 heteroatoms. The van der Waals surface area contributed by atoms with E-state index in [1.165, 1.54) is 18.2 Å². The van der Waals surface area contributed by atoms with Crippen LogP contribution in [0.4, 0.5) is 4.39 Å². The van der Waals surface area contributed by atoms with Crippen molar-refractivity contribution >= 4 is 11.8 Å². The largest absolute Gasteiger partial charge is 0.330 e. The molecular formula is C13H20FNS. The van der Waals surface area contributed by atoms with Gasteiger partial charge in [0.05, 0.1) is 0 Å². The molecule has 0 saturated heterocycles. The Labute approximate surface area is 102 Å². The van der Waals surface area contributed by atoms with Crippen molar-refractivity contribution in [2.75, 3.05) is 18.6 Å². The minimum atomic E-state index is -0.155. The number of rotatable bonds is 7. The molecule has 2 N–H and O–H groups in total. The zero-order valence-corrected chi connectivity index (χ0v) is 10.6. The van der Waals surface area contributed by atoms with Crippen molar-refractivity contribution in [3.63, 3.8) is 0 Å². The van der Waals surface area contributed by atoms with E-state index < -0.39 is 0 Å². The fourth-order valence-corrected chi connectivity index (χ4v) is 2.27. The zero-order chi connectivity index (χ0) is 11.8. The number of thioether (sulfide) groups is 1. The Morgan fingerprint density at radius 2 is 2.25 bits per heavy atom. The van der Waals surface area contributed by atoms with Gasteiger partial charge >= 0.3 is 0 Å². The first-order chi connectivity index (χ1) is 7.76. The van der Waals surface area contributed by atoms with Gasteiger partial charge in [0.1, 0.15) is 5.82 Å². The van der Waals surface area contributed by atoms with E-state index in [9.17, 15) is 4.39 Å². The summed E-state index contributed by atoms with van der Waals surface area (Å²) >= 11 is 1.86. The topological polar surface area (TPSA) is 26.0 Å². The van der Waals surface area contributed by atoms with Gasteiger partial charge in [-0.25, -0.2) is 4.39 Å². The van der Waals surface area contributed by atoms with Gasteiger partial charge in [0.25, 0.3) is 0 Å². The Morgan fingerprint density at radius 3 is 2.88 bits per heavy atom. The van der Waals surface area contributed by atoms with Crippen molar-refractivity contribution in [1.29, 1.82) is 0 Å². The van der Waals surface area contributed by atoms with Crippen molar-refractivity contribution < 1.29 is 4.39 Å². The maximum atomic E-state index is 13.0. The maximum Gasteiger partial charge on any atom is 0.123 e. The van der Waals surface area contributed by atoms with Gasteiger partial charge in [0.15, 0.2) is 0 Å². The molecule has 0 aliphatic rings. The first-order valence-electron chi connectivity index (χ1n) is 5.69. The van der Waals surface area contributed by atoms with Gasteiger partial charge in [-0.15, -0.1) is 0 Å². The summed E-state index contributed by atoms with van der Waals surface area (Å²) in [5, 5.41) is 0. The van der Waals surface area contributed by atoms with Crippen LogP contribution in [-0.2, 0) is 6.42 Å². The van der Waals surface area contributed by atoms with E-state index in [2.05, 4.69) is 6.26 Å². The predicted octanol–water partition coefficient (Wildman–Crippen LogP) is 3.09. The molecule has 0 aromatic heterocycles. The Bertz CT molecular complexity index is 304. The van der Waals surface area contributed by atoms with Crippen LogP contribution in [-0.4, -0.2) is 18.6 Å². The molecule has 1 unspecified atom stereocenters. The number of nitrogens with two attached hydrogens (primary N) is 1. The van der Waals surface area contributed by atoms with Crippen LogP contribution in [0.1, 0.15) is 18.4 Å². The van der Waals surface area contributed by atoms with Gasteiger partial charge in [-0.2, -0.15) is 11.8 Å². The molecule has 0 fully saturated rings. The molecule has 0 saturated carbocycles. The first-order valence-corrected chi connectivity index (χ1v) is 7.09. The monoisotopic (exact) mass is 241 g/mol. The molecule has 1 atom stereocenters. The number of benzene rings is 1. The first kappa shape index (κ1) is 13.5. The van der Waals surface area contributed by atoms with Gasteiger partial charge in [-0.1, -0.05) is 12.1 Å². The fourth-order valence-electron chi connectivity index (χ4n) is 1.82. The molecule has 0 aliphatic heterocycles. The van der Waals surface area contributed by atoms with Gasteiger partial charge in [-0.05, 0) is 61.4 Å². The van der Waals surface area contributed by atoms with Crippen molar-refractivity contribution in [2.45, 2.75) is 19.3 Å². The van der Waals surface area contributed by atoms with Gasteiger partial charge in [-0.3, -0.25) is 0 Å². The fraction of sp³-hybridized carbons (Fsp3) is 0.538. The quantitative estimate of drug-likeness (QED) is 0.742. The third kappa shape index (κ3) is 4.99. The molecule has 0 spiro atoms. The highest BCUT2D eigenvalue weighted by molar-refractivity contribution is 7.98. The lowest BCUT2D eigenvalue weighted by atomic mass is 9.95. The molecule has 0 heterocycles. The summed E-state index contributed by atoms with van der Waals surface area (Å²) in [4.78, 5) is 0. The Kier molecular flexibility index (Phi) is 6.50. The Morgan fingerprint density at radius 1 is 1.44 bits per heavy atom. The highest BCUT2D eigenvalue weighted by Gasteiger charge is 2.08. The van der Waals surface area contributed by atoms with Gasteiger partial charge in [0, 0.05) is 0 Å². The maximum absolute atomic E-state index is 13.0. The van der Waals surface area contributed by atoms with Gasteiger partial charge < -0.3 is 5.73 Å². The SMILES string of the molecule is CSCCCC(CN)Cc1cccc(F)c1. The molecule has 0 aliphatic carbocycles. The Hall–Kier alpha value is -0.540. The molecule has 1 nitrogen and oxygen atoms in total. The number of hydrogen-bond donors (Lipinski definition) is 1. The van der Waals surface area contributed by atoms with Crippen LogP contribution in [0.15, 0.2) is 24.3 Å². The summed E-state index contributed by atoms with van der Waals surface area (Å²) in [6, 6.07) is 6.83.